The van der Waals surface area contributed by atoms with Gasteiger partial charge in [0.25, 0.3) is 0 Å². The summed E-state index contributed by atoms with van der Waals surface area (Å²) in [6.07, 6.45) is -0.333. The number of carbonyl (C=O) groups excluding carboxylic acids is 1. The molecule has 0 bridgehead atoms. The van der Waals surface area contributed by atoms with Crippen molar-refractivity contribution >= 4 is 11.9 Å². The Hall–Kier alpha value is -1.30. The Morgan fingerprint density at radius 1 is 1.38 bits per heavy atom. The lowest BCUT2D eigenvalue weighted by Crippen LogP contribution is -2.50. The fraction of sp³-hybridized carbons (Fsp3) is 0.800. The summed E-state index contributed by atoms with van der Waals surface area (Å²) in [5, 5.41) is 7.19. The molecule has 0 radical (unpaired) electrons. The molecule has 1 rings (SSSR count). The summed E-state index contributed by atoms with van der Waals surface area (Å²) >= 11 is 0. The van der Waals surface area contributed by atoms with Gasteiger partial charge in [0.05, 0.1) is 12.6 Å². The number of rotatable bonds is 3. The maximum Gasteiger partial charge on any atom is 0.410 e. The smallest absolute Gasteiger partial charge is 0.410 e. The van der Waals surface area contributed by atoms with Crippen LogP contribution in [0.2, 0.25) is 0 Å². The van der Waals surface area contributed by atoms with Crippen LogP contribution in [0.25, 0.3) is 0 Å². The third kappa shape index (κ3) is 4.06. The number of ether oxygens (including phenoxy) is 1. The summed E-state index contributed by atoms with van der Waals surface area (Å²) in [6.45, 7) is 6.91. The Labute approximate surface area is 95.8 Å². The van der Waals surface area contributed by atoms with E-state index in [1.54, 1.807) is 4.90 Å². The largest absolute Gasteiger partial charge is 0.447 e. The number of hydrogen-bond acceptors (Lipinski definition) is 4. The number of nitrogens with zero attached hydrogens (tertiary/aromatic N) is 2. The highest BCUT2D eigenvalue weighted by Gasteiger charge is 2.22. The van der Waals surface area contributed by atoms with Gasteiger partial charge in [-0.25, -0.2) is 4.79 Å². The van der Waals surface area contributed by atoms with Gasteiger partial charge in [0.1, 0.15) is 5.84 Å². The minimum atomic E-state index is -0.252. The zero-order chi connectivity index (χ0) is 12.1. The number of piperazine rings is 1. The van der Waals surface area contributed by atoms with Crippen molar-refractivity contribution in [3.05, 3.63) is 0 Å². The molecule has 3 N–H and O–H groups in total. The average molecular weight is 228 g/mol. The molecule has 1 saturated heterocycles. The summed E-state index contributed by atoms with van der Waals surface area (Å²) in [5.74, 6) is 0.165. The van der Waals surface area contributed by atoms with E-state index in [1.807, 2.05) is 13.8 Å². The molecule has 0 aliphatic carbocycles. The van der Waals surface area contributed by atoms with E-state index in [1.165, 1.54) is 0 Å². The van der Waals surface area contributed by atoms with Gasteiger partial charge in [0.15, 0.2) is 0 Å². The lowest BCUT2D eigenvalue weighted by atomic mass is 10.3. The van der Waals surface area contributed by atoms with Crippen LogP contribution in [0.1, 0.15) is 13.8 Å². The first kappa shape index (κ1) is 12.8. The molecule has 1 amide bonds. The highest BCUT2D eigenvalue weighted by atomic mass is 16.6. The predicted octanol–water partition coefficient (Wildman–Crippen LogP) is 0.0850. The fourth-order valence-corrected chi connectivity index (χ4v) is 1.61. The van der Waals surface area contributed by atoms with E-state index in [9.17, 15) is 4.79 Å². The lowest BCUT2D eigenvalue weighted by Gasteiger charge is -2.34. The van der Waals surface area contributed by atoms with Crippen LogP contribution in [0.15, 0.2) is 0 Å². The number of nitrogens with one attached hydrogen (secondary N) is 1. The second-order valence-corrected chi connectivity index (χ2v) is 4.22. The van der Waals surface area contributed by atoms with Crippen LogP contribution in [0.5, 0.6) is 0 Å². The average Bonchev–Trinajstić information content (AvgIpc) is 2.16. The van der Waals surface area contributed by atoms with Gasteiger partial charge in [-0.1, -0.05) is 0 Å². The van der Waals surface area contributed by atoms with Crippen LogP contribution in [0.4, 0.5) is 4.79 Å². The Kier molecular flexibility index (Phi) is 4.54. The van der Waals surface area contributed by atoms with E-state index in [0.717, 1.165) is 13.1 Å². The predicted molar refractivity (Wildman–Crippen MR) is 61.5 cm³/mol. The number of amides is 1. The summed E-state index contributed by atoms with van der Waals surface area (Å²) < 4.78 is 5.11. The Morgan fingerprint density at radius 3 is 2.38 bits per heavy atom. The van der Waals surface area contributed by atoms with Crippen LogP contribution >= 0.6 is 0 Å². The Balaban J connectivity index is 2.31. The molecule has 0 spiro atoms. The van der Waals surface area contributed by atoms with Crippen LogP contribution in [-0.4, -0.2) is 60.6 Å². The minimum Gasteiger partial charge on any atom is -0.447 e. The maximum absolute atomic E-state index is 11.6. The van der Waals surface area contributed by atoms with Crippen LogP contribution in [0.3, 0.4) is 0 Å². The molecule has 0 aromatic carbocycles. The SMILES string of the molecule is CC(C)OC(=O)N1CCN(CC(=N)N)CC1. The van der Waals surface area contributed by atoms with Crippen LogP contribution in [-0.2, 0) is 4.74 Å². The van der Waals surface area contributed by atoms with E-state index in [4.69, 9.17) is 15.9 Å². The van der Waals surface area contributed by atoms with Gasteiger partial charge >= 0.3 is 6.09 Å². The first-order valence-electron chi connectivity index (χ1n) is 5.50. The molecule has 0 aromatic rings. The number of carbonyl (C=O) groups is 1. The first-order valence-corrected chi connectivity index (χ1v) is 5.50. The molecule has 1 heterocycles. The van der Waals surface area contributed by atoms with Crippen molar-refractivity contribution in [2.75, 3.05) is 32.7 Å². The van der Waals surface area contributed by atoms with Gasteiger partial charge in [-0.2, -0.15) is 0 Å². The highest BCUT2D eigenvalue weighted by molar-refractivity contribution is 5.79. The van der Waals surface area contributed by atoms with E-state index in [2.05, 4.69) is 4.90 Å². The van der Waals surface area contributed by atoms with Gasteiger partial charge in [-0.15, -0.1) is 0 Å². The second-order valence-electron chi connectivity index (χ2n) is 4.22. The third-order valence-corrected chi connectivity index (χ3v) is 2.36. The first-order chi connectivity index (χ1) is 7.49. The molecule has 6 heteroatoms. The zero-order valence-electron chi connectivity index (χ0n) is 9.90. The molecule has 16 heavy (non-hydrogen) atoms. The van der Waals surface area contributed by atoms with Gasteiger partial charge in [-0.05, 0) is 13.8 Å². The van der Waals surface area contributed by atoms with Crippen LogP contribution < -0.4 is 5.73 Å². The van der Waals surface area contributed by atoms with Gasteiger partial charge in [0, 0.05) is 26.2 Å². The van der Waals surface area contributed by atoms with Crippen molar-refractivity contribution in [3.63, 3.8) is 0 Å². The maximum atomic E-state index is 11.6. The van der Waals surface area contributed by atoms with Crippen molar-refractivity contribution in [1.29, 1.82) is 5.41 Å². The molecular weight excluding hydrogens is 208 g/mol. The fourth-order valence-electron chi connectivity index (χ4n) is 1.61. The summed E-state index contributed by atoms with van der Waals surface area (Å²) in [7, 11) is 0. The van der Waals surface area contributed by atoms with E-state index < -0.39 is 0 Å². The summed E-state index contributed by atoms with van der Waals surface area (Å²) in [5.41, 5.74) is 5.32. The van der Waals surface area contributed by atoms with Gasteiger partial charge < -0.3 is 15.4 Å². The normalized spacial score (nSPS) is 17.6. The molecule has 92 valence electrons. The standard InChI is InChI=1S/C10H20N4O2/c1-8(2)16-10(15)14-5-3-13(4-6-14)7-9(11)12/h8H,3-7H2,1-2H3,(H3,11,12). The van der Waals surface area contributed by atoms with E-state index in [-0.39, 0.29) is 18.0 Å². The molecular formula is C10H20N4O2. The molecule has 1 fully saturated rings. The molecule has 1 aliphatic heterocycles. The Bertz CT molecular complexity index is 260. The van der Waals surface area contributed by atoms with Crippen LogP contribution in [0, 0.1) is 5.41 Å². The minimum absolute atomic E-state index is 0.0808. The molecule has 0 saturated carbocycles. The number of amidine groups is 1. The van der Waals surface area contributed by atoms with Gasteiger partial charge in [-0.3, -0.25) is 10.3 Å². The van der Waals surface area contributed by atoms with E-state index >= 15 is 0 Å². The second kappa shape index (κ2) is 5.69. The highest BCUT2D eigenvalue weighted by Crippen LogP contribution is 2.04. The van der Waals surface area contributed by atoms with Crippen molar-refractivity contribution in [2.45, 2.75) is 20.0 Å². The van der Waals surface area contributed by atoms with Crippen molar-refractivity contribution in [3.8, 4) is 0 Å². The molecule has 1 aliphatic rings. The molecule has 0 unspecified atom stereocenters. The topological polar surface area (TPSA) is 82.7 Å². The monoisotopic (exact) mass is 228 g/mol. The van der Waals surface area contributed by atoms with Crippen molar-refractivity contribution in [1.82, 2.24) is 9.80 Å². The van der Waals surface area contributed by atoms with E-state index in [0.29, 0.717) is 19.6 Å². The quantitative estimate of drug-likeness (QED) is 0.529. The summed E-state index contributed by atoms with van der Waals surface area (Å²) in [6, 6.07) is 0. The van der Waals surface area contributed by atoms with Crippen molar-refractivity contribution < 1.29 is 9.53 Å². The third-order valence-electron chi connectivity index (χ3n) is 2.36. The molecule has 0 atom stereocenters. The van der Waals surface area contributed by atoms with Gasteiger partial charge in [0.2, 0.25) is 0 Å². The molecule has 0 aromatic heterocycles. The summed E-state index contributed by atoms with van der Waals surface area (Å²) in [4.78, 5) is 15.3. The lowest BCUT2D eigenvalue weighted by molar-refractivity contribution is 0.0596. The van der Waals surface area contributed by atoms with Crippen molar-refractivity contribution in [2.24, 2.45) is 5.73 Å². The zero-order valence-corrected chi connectivity index (χ0v) is 9.90. The molecule has 6 nitrogen and oxygen atoms in total. The number of nitrogens with two attached hydrogens (primary N) is 1. The number of hydrogen-bond donors (Lipinski definition) is 2. The Morgan fingerprint density at radius 2 is 1.94 bits per heavy atom.